The van der Waals surface area contributed by atoms with E-state index in [-0.39, 0.29) is 0 Å². The first-order chi connectivity index (χ1) is 10.8. The summed E-state index contributed by atoms with van der Waals surface area (Å²) in [4.78, 5) is 0. The van der Waals surface area contributed by atoms with Gasteiger partial charge < -0.3 is 21.7 Å². The van der Waals surface area contributed by atoms with Gasteiger partial charge in [-0.1, -0.05) is 39.5 Å². The molecule has 1 aliphatic rings. The molecule has 0 unspecified atom stereocenters. The predicted molar refractivity (Wildman–Crippen MR) is 92.0 cm³/mol. The van der Waals surface area contributed by atoms with Crippen molar-refractivity contribution in [2.75, 3.05) is 26.2 Å². The lowest BCUT2D eigenvalue weighted by molar-refractivity contribution is -0.932. The molecule has 0 spiro atoms. The van der Waals surface area contributed by atoms with Gasteiger partial charge in [0.1, 0.15) is 0 Å². The fourth-order valence-electron chi connectivity index (χ4n) is 3.49. The number of piperidine rings is 1. The molecule has 6 heteroatoms. The van der Waals surface area contributed by atoms with E-state index in [0.29, 0.717) is 0 Å². The van der Waals surface area contributed by atoms with Crippen molar-refractivity contribution < 1.29 is 21.7 Å². The first kappa shape index (κ1) is 22.7. The summed E-state index contributed by atoms with van der Waals surface area (Å²) in [5, 5.41) is 0. The van der Waals surface area contributed by atoms with Crippen molar-refractivity contribution in [2.24, 2.45) is 0 Å². The summed E-state index contributed by atoms with van der Waals surface area (Å²) >= 11 is 0. The van der Waals surface area contributed by atoms with E-state index in [0.717, 1.165) is 0 Å². The molecule has 0 saturated carbocycles. The van der Waals surface area contributed by atoms with Gasteiger partial charge in [0.15, 0.2) is 0 Å². The Morgan fingerprint density at radius 2 is 1.04 bits per heavy atom. The number of rotatable bonds is 10. The predicted octanol–water partition coefficient (Wildman–Crippen LogP) is 6.45. The van der Waals surface area contributed by atoms with Gasteiger partial charge in [0, 0.05) is 0 Å². The molecule has 23 heavy (non-hydrogen) atoms. The quantitative estimate of drug-likeness (QED) is 0.185. The van der Waals surface area contributed by atoms with E-state index < -0.39 is 7.25 Å². The van der Waals surface area contributed by atoms with Crippen molar-refractivity contribution in [2.45, 2.75) is 84.5 Å². The average molecular weight is 341 g/mol. The van der Waals surface area contributed by atoms with Crippen molar-refractivity contribution >= 4 is 7.25 Å². The van der Waals surface area contributed by atoms with Gasteiger partial charge in [-0.05, 0) is 44.9 Å². The highest BCUT2D eigenvalue weighted by molar-refractivity contribution is 6.50. The van der Waals surface area contributed by atoms with Crippen molar-refractivity contribution in [3.05, 3.63) is 0 Å². The fourth-order valence-corrected chi connectivity index (χ4v) is 3.49. The maximum atomic E-state index is 9.75. The van der Waals surface area contributed by atoms with Crippen LogP contribution >= 0.6 is 0 Å². The Bertz CT molecular complexity index is 246. The van der Waals surface area contributed by atoms with Gasteiger partial charge in [0.2, 0.25) is 0 Å². The molecule has 1 nitrogen and oxygen atoms in total. The van der Waals surface area contributed by atoms with Crippen LogP contribution in [-0.4, -0.2) is 37.9 Å². The molecule has 0 amide bonds. The molecule has 0 bridgehead atoms. The Balaban J connectivity index is 0.000000841. The molecule has 0 aromatic heterocycles. The molecule has 0 radical (unpaired) electrons. The summed E-state index contributed by atoms with van der Waals surface area (Å²) in [6.45, 7) is 10.6. The number of unbranched alkanes of at least 4 members (excludes halogenated alkanes) is 6. The summed E-state index contributed by atoms with van der Waals surface area (Å²) in [6.07, 6.45) is 16.0. The number of hydrogen-bond acceptors (Lipinski definition) is 0. The summed E-state index contributed by atoms with van der Waals surface area (Å²) < 4.78 is 40.5. The number of hydrogen-bond donors (Lipinski definition) is 0. The molecule has 0 atom stereocenters. The molecule has 1 saturated heterocycles. The van der Waals surface area contributed by atoms with Gasteiger partial charge >= 0.3 is 7.25 Å². The second-order valence-corrected chi connectivity index (χ2v) is 6.91. The zero-order valence-corrected chi connectivity index (χ0v) is 15.1. The Morgan fingerprint density at radius 3 is 1.39 bits per heavy atom. The van der Waals surface area contributed by atoms with E-state index in [1.165, 1.54) is 101 Å². The number of halogens is 4. The first-order valence-electron chi connectivity index (χ1n) is 9.55. The molecule has 140 valence electrons. The van der Waals surface area contributed by atoms with Crippen LogP contribution in [-0.2, 0) is 0 Å². The molecule has 0 aromatic carbocycles. The van der Waals surface area contributed by atoms with Crippen molar-refractivity contribution in [1.29, 1.82) is 0 Å². The maximum absolute atomic E-state index is 9.75. The van der Waals surface area contributed by atoms with Crippen molar-refractivity contribution in [3.63, 3.8) is 0 Å². The van der Waals surface area contributed by atoms with Crippen LogP contribution in [0.2, 0.25) is 0 Å². The van der Waals surface area contributed by atoms with E-state index in [2.05, 4.69) is 13.8 Å². The standard InChI is InChI=1S/C17H36N.BF4/c1-3-5-7-10-14-18(15-11-8-6-4-2)16-12-9-13-17-18;2-1(3,4)5/h3-17H2,1-2H3;/q+1;-1. The molecular weight excluding hydrogens is 305 g/mol. The minimum atomic E-state index is -6.00. The van der Waals surface area contributed by atoms with Crippen LogP contribution in [0.4, 0.5) is 17.3 Å². The summed E-state index contributed by atoms with van der Waals surface area (Å²) in [5.74, 6) is 0. The summed E-state index contributed by atoms with van der Waals surface area (Å²) in [7, 11) is -6.00. The third-order valence-electron chi connectivity index (χ3n) is 4.74. The van der Waals surface area contributed by atoms with Gasteiger partial charge in [-0.3, -0.25) is 0 Å². The lowest BCUT2D eigenvalue weighted by Crippen LogP contribution is -2.52. The molecule has 1 fully saturated rings. The van der Waals surface area contributed by atoms with Crippen LogP contribution in [0.3, 0.4) is 0 Å². The third-order valence-corrected chi connectivity index (χ3v) is 4.74. The number of nitrogens with zero attached hydrogens (tertiary/aromatic N) is 1. The Kier molecular flexibility index (Phi) is 12.9. The van der Waals surface area contributed by atoms with E-state index in [1.54, 1.807) is 0 Å². The highest BCUT2D eigenvalue weighted by Crippen LogP contribution is 2.22. The first-order valence-corrected chi connectivity index (χ1v) is 9.55. The minimum absolute atomic E-state index is 1.37. The van der Waals surface area contributed by atoms with Gasteiger partial charge in [0.05, 0.1) is 26.2 Å². The van der Waals surface area contributed by atoms with Crippen LogP contribution in [0.15, 0.2) is 0 Å². The van der Waals surface area contributed by atoms with E-state index >= 15 is 0 Å². The molecule has 0 aromatic rings. The topological polar surface area (TPSA) is 0 Å². The minimum Gasteiger partial charge on any atom is -0.418 e. The van der Waals surface area contributed by atoms with Crippen LogP contribution in [0, 0.1) is 0 Å². The van der Waals surface area contributed by atoms with Gasteiger partial charge in [0.25, 0.3) is 0 Å². The SMILES string of the molecule is CCCCCC[N+]1(CCCCCC)CCCCC1.F[B-](F)(F)F. The Morgan fingerprint density at radius 1 is 0.652 bits per heavy atom. The van der Waals surface area contributed by atoms with Crippen molar-refractivity contribution in [1.82, 2.24) is 0 Å². The van der Waals surface area contributed by atoms with Crippen molar-refractivity contribution in [3.8, 4) is 0 Å². The molecule has 1 heterocycles. The molecule has 1 aliphatic heterocycles. The van der Waals surface area contributed by atoms with E-state index in [1.807, 2.05) is 0 Å². The molecular formula is C17H36BF4N. The van der Waals surface area contributed by atoms with E-state index in [9.17, 15) is 17.3 Å². The van der Waals surface area contributed by atoms with Crippen LogP contribution < -0.4 is 0 Å². The van der Waals surface area contributed by atoms with Crippen LogP contribution in [0.5, 0.6) is 0 Å². The maximum Gasteiger partial charge on any atom is 0.673 e. The van der Waals surface area contributed by atoms with Gasteiger partial charge in [-0.25, -0.2) is 0 Å². The summed E-state index contributed by atoms with van der Waals surface area (Å²) in [6, 6.07) is 0. The lowest BCUT2D eigenvalue weighted by Gasteiger charge is -2.42. The number of quaternary nitrogens is 1. The third kappa shape index (κ3) is 15.0. The lowest BCUT2D eigenvalue weighted by atomic mass is 10.0. The molecule has 0 N–H and O–H groups in total. The molecule has 1 rings (SSSR count). The zero-order valence-electron chi connectivity index (χ0n) is 15.1. The number of likely N-dealkylation sites (tertiary alicyclic amines) is 1. The Labute approximate surface area is 140 Å². The van der Waals surface area contributed by atoms with E-state index in [4.69, 9.17) is 0 Å². The average Bonchev–Trinajstić information content (AvgIpc) is 2.48. The fraction of sp³-hybridized carbons (Fsp3) is 1.00. The van der Waals surface area contributed by atoms with Gasteiger partial charge in [-0.15, -0.1) is 0 Å². The largest absolute Gasteiger partial charge is 0.673 e. The second-order valence-electron chi connectivity index (χ2n) is 6.91. The van der Waals surface area contributed by atoms with Gasteiger partial charge in [-0.2, -0.15) is 0 Å². The highest BCUT2D eigenvalue weighted by Gasteiger charge is 2.28. The van der Waals surface area contributed by atoms with Crippen LogP contribution in [0.25, 0.3) is 0 Å². The summed E-state index contributed by atoms with van der Waals surface area (Å²) in [5.41, 5.74) is 0. The Hall–Kier alpha value is -0.255. The normalized spacial score (nSPS) is 17.5. The molecule has 0 aliphatic carbocycles. The van der Waals surface area contributed by atoms with Crippen LogP contribution in [0.1, 0.15) is 84.5 Å². The smallest absolute Gasteiger partial charge is 0.418 e. The monoisotopic (exact) mass is 341 g/mol. The zero-order chi connectivity index (χ0) is 17.6. The highest BCUT2D eigenvalue weighted by atomic mass is 19.5. The second kappa shape index (κ2) is 13.1.